The predicted octanol–water partition coefficient (Wildman–Crippen LogP) is 3.39. The minimum Gasteiger partial charge on any atom is -0.481 e. The fraction of sp³-hybridized carbons (Fsp3) is 0.286. The van der Waals surface area contributed by atoms with Crippen molar-refractivity contribution in [1.82, 2.24) is 9.78 Å². The molecule has 5 heteroatoms. The summed E-state index contributed by atoms with van der Waals surface area (Å²) in [5.74, 6) is -0.788. The highest BCUT2D eigenvalue weighted by atomic mass is 79.9. The minimum atomic E-state index is -0.788. The fourth-order valence-corrected chi connectivity index (χ4v) is 2.43. The van der Waals surface area contributed by atoms with Gasteiger partial charge in [-0.2, -0.15) is 5.10 Å². The monoisotopic (exact) mass is 322 g/mol. The van der Waals surface area contributed by atoms with Gasteiger partial charge in [0.25, 0.3) is 0 Å². The number of carbonyl (C=O) groups is 1. The van der Waals surface area contributed by atoms with Crippen molar-refractivity contribution in [2.45, 2.75) is 25.7 Å². The van der Waals surface area contributed by atoms with Crippen LogP contribution < -0.4 is 0 Å². The summed E-state index contributed by atoms with van der Waals surface area (Å²) in [6, 6.07) is 9.65. The highest BCUT2D eigenvalue weighted by molar-refractivity contribution is 9.10. The van der Waals surface area contributed by atoms with Gasteiger partial charge in [-0.05, 0) is 39.7 Å². The summed E-state index contributed by atoms with van der Waals surface area (Å²) in [4.78, 5) is 10.9. The maximum absolute atomic E-state index is 10.9. The van der Waals surface area contributed by atoms with E-state index in [0.29, 0.717) is 0 Å². The maximum atomic E-state index is 10.9. The average Bonchev–Trinajstić information content (AvgIpc) is 2.74. The zero-order valence-electron chi connectivity index (χ0n) is 10.8. The molecule has 0 saturated carbocycles. The molecule has 1 N–H and O–H groups in total. The Hall–Kier alpha value is -1.62. The Morgan fingerprint density at radius 2 is 1.95 bits per heavy atom. The first kappa shape index (κ1) is 13.8. The molecule has 0 radical (unpaired) electrons. The molecule has 0 spiro atoms. The van der Waals surface area contributed by atoms with Gasteiger partial charge in [-0.3, -0.25) is 4.79 Å². The third kappa shape index (κ3) is 3.04. The first-order valence-corrected chi connectivity index (χ1v) is 6.72. The van der Waals surface area contributed by atoms with Gasteiger partial charge in [0.15, 0.2) is 0 Å². The minimum absolute atomic E-state index is 0.109. The summed E-state index contributed by atoms with van der Waals surface area (Å²) in [5.41, 5.74) is 1.56. The molecule has 0 saturated heterocycles. The van der Waals surface area contributed by atoms with Crippen LogP contribution in [0.5, 0.6) is 0 Å². The number of aromatic nitrogens is 2. The molecule has 0 amide bonds. The molecule has 0 aliphatic carbocycles. The number of carboxylic acid groups (broad SMARTS) is 1. The number of hydrogen-bond donors (Lipinski definition) is 1. The highest BCUT2D eigenvalue weighted by Crippen LogP contribution is 2.28. The molecule has 19 heavy (non-hydrogen) atoms. The summed E-state index contributed by atoms with van der Waals surface area (Å²) < 4.78 is 2.65. The van der Waals surface area contributed by atoms with Crippen molar-refractivity contribution in [3.63, 3.8) is 0 Å². The van der Waals surface area contributed by atoms with E-state index >= 15 is 0 Å². The van der Waals surface area contributed by atoms with Crippen LogP contribution in [-0.4, -0.2) is 20.9 Å². The standard InChI is InChI=1S/C14H15BrN2O2/c1-14(2,9-13(18)19)10-3-5-11(6-4-10)17-12(15)7-8-16-17/h3-8H,9H2,1-2H3,(H,18,19). The Morgan fingerprint density at radius 3 is 2.42 bits per heavy atom. The molecule has 100 valence electrons. The summed E-state index contributed by atoms with van der Waals surface area (Å²) in [6.45, 7) is 3.86. The second-order valence-electron chi connectivity index (χ2n) is 5.07. The zero-order chi connectivity index (χ0) is 14.0. The zero-order valence-corrected chi connectivity index (χ0v) is 12.4. The molecule has 4 nitrogen and oxygen atoms in total. The molecule has 2 rings (SSSR count). The van der Waals surface area contributed by atoms with Gasteiger partial charge in [0.05, 0.1) is 18.3 Å². The van der Waals surface area contributed by atoms with E-state index in [1.165, 1.54) is 0 Å². The summed E-state index contributed by atoms with van der Waals surface area (Å²) >= 11 is 3.42. The van der Waals surface area contributed by atoms with Crippen LogP contribution >= 0.6 is 15.9 Å². The van der Waals surface area contributed by atoms with Gasteiger partial charge in [-0.25, -0.2) is 4.68 Å². The summed E-state index contributed by atoms with van der Waals surface area (Å²) in [6.07, 6.45) is 1.82. The quantitative estimate of drug-likeness (QED) is 0.938. The van der Waals surface area contributed by atoms with E-state index in [1.807, 2.05) is 44.2 Å². The maximum Gasteiger partial charge on any atom is 0.304 e. The van der Waals surface area contributed by atoms with Crippen LogP contribution in [-0.2, 0) is 10.2 Å². The van der Waals surface area contributed by atoms with Gasteiger partial charge in [-0.1, -0.05) is 26.0 Å². The van der Waals surface area contributed by atoms with Crippen molar-refractivity contribution in [2.75, 3.05) is 0 Å². The molecule has 0 atom stereocenters. The molecule has 1 heterocycles. The Bertz CT molecular complexity index is 588. The number of carboxylic acids is 1. The van der Waals surface area contributed by atoms with Crippen molar-refractivity contribution in [3.05, 3.63) is 46.7 Å². The first-order chi connectivity index (χ1) is 8.90. The topological polar surface area (TPSA) is 55.1 Å². The second-order valence-corrected chi connectivity index (χ2v) is 5.88. The van der Waals surface area contributed by atoms with E-state index in [-0.39, 0.29) is 11.8 Å². The highest BCUT2D eigenvalue weighted by Gasteiger charge is 2.24. The molecule has 1 aromatic heterocycles. The van der Waals surface area contributed by atoms with Crippen LogP contribution in [0.4, 0.5) is 0 Å². The Labute approximate surface area is 120 Å². The van der Waals surface area contributed by atoms with Crippen molar-refractivity contribution in [1.29, 1.82) is 0 Å². The van der Waals surface area contributed by atoms with Crippen LogP contribution in [0.1, 0.15) is 25.8 Å². The third-order valence-electron chi connectivity index (χ3n) is 3.08. The number of rotatable bonds is 4. The van der Waals surface area contributed by atoms with E-state index in [4.69, 9.17) is 5.11 Å². The number of hydrogen-bond acceptors (Lipinski definition) is 2. The van der Waals surface area contributed by atoms with Crippen LogP contribution in [0, 0.1) is 0 Å². The van der Waals surface area contributed by atoms with Gasteiger partial charge in [-0.15, -0.1) is 0 Å². The molecule has 0 aliphatic rings. The first-order valence-electron chi connectivity index (χ1n) is 5.92. The second kappa shape index (κ2) is 5.17. The lowest BCUT2D eigenvalue weighted by atomic mass is 9.81. The number of halogens is 1. The van der Waals surface area contributed by atoms with Crippen LogP contribution in [0.15, 0.2) is 41.1 Å². The Kier molecular flexibility index (Phi) is 3.75. The lowest BCUT2D eigenvalue weighted by Crippen LogP contribution is -2.21. The molecular formula is C14H15BrN2O2. The predicted molar refractivity (Wildman–Crippen MR) is 76.5 cm³/mol. The summed E-state index contributed by atoms with van der Waals surface area (Å²) in [7, 11) is 0. The smallest absolute Gasteiger partial charge is 0.304 e. The lowest BCUT2D eigenvalue weighted by molar-refractivity contribution is -0.138. The average molecular weight is 323 g/mol. The van der Waals surface area contributed by atoms with Crippen molar-refractivity contribution < 1.29 is 9.90 Å². The number of benzene rings is 1. The van der Waals surface area contributed by atoms with E-state index in [0.717, 1.165) is 15.9 Å². The Balaban J connectivity index is 2.28. The SMILES string of the molecule is CC(C)(CC(=O)O)c1ccc(-n2nccc2Br)cc1. The molecular weight excluding hydrogens is 308 g/mol. The molecule has 2 aromatic rings. The molecule has 0 unspecified atom stereocenters. The van der Waals surface area contributed by atoms with Crippen LogP contribution in [0.3, 0.4) is 0 Å². The van der Waals surface area contributed by atoms with Gasteiger partial charge in [0.1, 0.15) is 4.60 Å². The van der Waals surface area contributed by atoms with Crippen LogP contribution in [0.2, 0.25) is 0 Å². The van der Waals surface area contributed by atoms with Gasteiger partial charge < -0.3 is 5.11 Å². The normalized spacial score (nSPS) is 11.5. The van der Waals surface area contributed by atoms with Gasteiger partial charge in [0, 0.05) is 5.41 Å². The lowest BCUT2D eigenvalue weighted by Gasteiger charge is -2.23. The Morgan fingerprint density at radius 1 is 1.32 bits per heavy atom. The van der Waals surface area contributed by atoms with Crippen molar-refractivity contribution >= 4 is 21.9 Å². The largest absolute Gasteiger partial charge is 0.481 e. The summed E-state index contributed by atoms with van der Waals surface area (Å²) in [5, 5.41) is 13.1. The van der Waals surface area contributed by atoms with E-state index < -0.39 is 5.97 Å². The fourth-order valence-electron chi connectivity index (χ4n) is 2.01. The van der Waals surface area contributed by atoms with E-state index in [1.54, 1.807) is 10.9 Å². The van der Waals surface area contributed by atoms with Crippen LogP contribution in [0.25, 0.3) is 5.69 Å². The van der Waals surface area contributed by atoms with Crippen molar-refractivity contribution in [3.8, 4) is 5.69 Å². The van der Waals surface area contributed by atoms with E-state index in [9.17, 15) is 4.79 Å². The molecule has 0 fully saturated rings. The molecule has 0 bridgehead atoms. The molecule has 0 aliphatic heterocycles. The number of nitrogens with zero attached hydrogens (tertiary/aromatic N) is 2. The van der Waals surface area contributed by atoms with Gasteiger partial charge in [0.2, 0.25) is 0 Å². The third-order valence-corrected chi connectivity index (χ3v) is 3.68. The van der Waals surface area contributed by atoms with Crippen molar-refractivity contribution in [2.24, 2.45) is 0 Å². The van der Waals surface area contributed by atoms with Gasteiger partial charge >= 0.3 is 5.97 Å². The number of aliphatic carboxylic acids is 1. The molecule has 1 aromatic carbocycles. The van der Waals surface area contributed by atoms with E-state index in [2.05, 4.69) is 21.0 Å².